The molecule has 0 N–H and O–H groups in total. The third-order valence-electron chi connectivity index (χ3n) is 2.79. The van der Waals surface area contributed by atoms with Gasteiger partial charge in [0.2, 0.25) is 0 Å². The summed E-state index contributed by atoms with van der Waals surface area (Å²) in [5, 5.41) is 0. The lowest BCUT2D eigenvalue weighted by molar-refractivity contribution is 0.156. The maximum Gasteiger partial charge on any atom is 0.433 e. The number of unbranched alkanes of at least 4 members (excludes halogenated alkanes) is 4. The molecule has 0 aromatic heterocycles. The Balaban J connectivity index is 2.63. The average molecular weight is 283 g/mol. The fourth-order valence-electron chi connectivity index (χ4n) is 1.63. The van der Waals surface area contributed by atoms with Crippen molar-refractivity contribution in [3.05, 3.63) is 35.9 Å². The van der Waals surface area contributed by atoms with E-state index in [1.165, 1.54) is 26.4 Å². The van der Waals surface area contributed by atoms with Crippen LogP contribution in [0.2, 0.25) is 0 Å². The van der Waals surface area contributed by atoms with Crippen LogP contribution in [-0.4, -0.2) is 18.1 Å². The molecular weight excluding hydrogens is 262 g/mol. The first-order valence-electron chi connectivity index (χ1n) is 7.21. The molecule has 0 spiro atoms. The molecule has 0 aliphatic rings. The van der Waals surface area contributed by atoms with E-state index in [1.807, 2.05) is 30.3 Å². The topological polar surface area (TPSA) is 29.5 Å². The van der Waals surface area contributed by atoms with Gasteiger partial charge in [0.05, 0.1) is 7.11 Å². The van der Waals surface area contributed by atoms with Crippen molar-refractivity contribution in [3.8, 4) is 23.9 Å². The SMILES string of the molecule is CCCCCCC#CN(C#Cc1ccccc1)C(=O)OC. The standard InChI is InChI=1S/C18H21NO2/c1-3-4-5-6-7-11-15-19(18(20)21-2)16-14-17-12-9-8-10-13-17/h8-10,12-13H,3-7H2,1-2H3. The molecule has 0 fully saturated rings. The lowest BCUT2D eigenvalue weighted by Gasteiger charge is -2.04. The van der Waals surface area contributed by atoms with Gasteiger partial charge in [-0.3, -0.25) is 0 Å². The van der Waals surface area contributed by atoms with Crippen LogP contribution < -0.4 is 0 Å². The number of carbonyl (C=O) groups excluding carboxylic acids is 1. The Morgan fingerprint density at radius 3 is 2.57 bits per heavy atom. The molecule has 0 aliphatic heterocycles. The zero-order valence-electron chi connectivity index (χ0n) is 12.7. The van der Waals surface area contributed by atoms with Crippen LogP contribution >= 0.6 is 0 Å². The number of rotatable bonds is 4. The number of carbonyl (C=O) groups is 1. The molecule has 110 valence electrons. The lowest BCUT2D eigenvalue weighted by Crippen LogP contribution is -2.20. The summed E-state index contributed by atoms with van der Waals surface area (Å²) in [6.07, 6.45) is 4.83. The number of ether oxygens (including phenoxy) is 1. The first kappa shape index (κ1) is 16.7. The minimum absolute atomic E-state index is 0.556. The Bertz CT molecular complexity index is 543. The molecule has 3 nitrogen and oxygen atoms in total. The predicted octanol–water partition coefficient (Wildman–Crippen LogP) is 4.00. The Kier molecular flexibility index (Phi) is 8.26. The summed E-state index contributed by atoms with van der Waals surface area (Å²) in [6, 6.07) is 14.9. The Morgan fingerprint density at radius 1 is 1.14 bits per heavy atom. The molecule has 0 bridgehead atoms. The van der Waals surface area contributed by atoms with Crippen molar-refractivity contribution >= 4 is 6.09 Å². The number of methoxy groups -OCH3 is 1. The monoisotopic (exact) mass is 283 g/mol. The van der Waals surface area contributed by atoms with E-state index < -0.39 is 6.09 Å². The van der Waals surface area contributed by atoms with E-state index in [9.17, 15) is 4.79 Å². The van der Waals surface area contributed by atoms with Crippen molar-refractivity contribution in [1.29, 1.82) is 0 Å². The van der Waals surface area contributed by atoms with Gasteiger partial charge in [-0.25, -0.2) is 4.79 Å². The fourth-order valence-corrected chi connectivity index (χ4v) is 1.63. The van der Waals surface area contributed by atoms with Gasteiger partial charge in [-0.2, -0.15) is 4.90 Å². The van der Waals surface area contributed by atoms with Gasteiger partial charge in [-0.1, -0.05) is 50.3 Å². The quantitative estimate of drug-likeness (QED) is 0.475. The molecule has 0 saturated carbocycles. The number of nitrogens with zero attached hydrogens (tertiary/aromatic N) is 1. The van der Waals surface area contributed by atoms with E-state index in [4.69, 9.17) is 0 Å². The lowest BCUT2D eigenvalue weighted by atomic mass is 10.2. The van der Waals surface area contributed by atoms with Crippen LogP contribution in [0.5, 0.6) is 0 Å². The van der Waals surface area contributed by atoms with E-state index in [2.05, 4.69) is 35.6 Å². The molecule has 0 saturated heterocycles. The van der Waals surface area contributed by atoms with Crippen molar-refractivity contribution in [3.63, 3.8) is 0 Å². The van der Waals surface area contributed by atoms with Crippen LogP contribution in [0, 0.1) is 23.9 Å². The molecule has 0 radical (unpaired) electrons. The molecule has 0 aliphatic carbocycles. The van der Waals surface area contributed by atoms with Gasteiger partial charge in [0.25, 0.3) is 0 Å². The first-order valence-corrected chi connectivity index (χ1v) is 7.21. The number of amides is 1. The molecule has 21 heavy (non-hydrogen) atoms. The first-order chi connectivity index (χ1) is 10.3. The summed E-state index contributed by atoms with van der Waals surface area (Å²) in [6.45, 7) is 2.17. The molecule has 1 rings (SSSR count). The van der Waals surface area contributed by atoms with Crippen LogP contribution in [0.4, 0.5) is 4.79 Å². The Labute approximate surface area is 127 Å². The predicted molar refractivity (Wildman–Crippen MR) is 84.1 cm³/mol. The minimum Gasteiger partial charge on any atom is -0.451 e. The highest BCUT2D eigenvalue weighted by molar-refractivity contribution is 5.72. The van der Waals surface area contributed by atoms with Crippen molar-refractivity contribution in [2.45, 2.75) is 39.0 Å². The van der Waals surface area contributed by atoms with Crippen LogP contribution in [-0.2, 0) is 4.74 Å². The summed E-state index contributed by atoms with van der Waals surface area (Å²) in [7, 11) is 1.32. The highest BCUT2D eigenvalue weighted by Crippen LogP contribution is 2.01. The summed E-state index contributed by atoms with van der Waals surface area (Å²) in [4.78, 5) is 12.7. The zero-order chi connectivity index (χ0) is 15.3. The summed E-state index contributed by atoms with van der Waals surface area (Å²) < 4.78 is 4.68. The van der Waals surface area contributed by atoms with Crippen molar-refractivity contribution in [2.24, 2.45) is 0 Å². The van der Waals surface area contributed by atoms with Crippen LogP contribution in [0.15, 0.2) is 30.3 Å². The third-order valence-corrected chi connectivity index (χ3v) is 2.79. The average Bonchev–Trinajstić information content (AvgIpc) is 2.53. The largest absolute Gasteiger partial charge is 0.451 e. The fraction of sp³-hybridized carbons (Fsp3) is 0.389. The summed E-state index contributed by atoms with van der Waals surface area (Å²) in [5.41, 5.74) is 0.830. The van der Waals surface area contributed by atoms with Gasteiger partial charge in [-0.05, 0) is 24.5 Å². The Morgan fingerprint density at radius 2 is 1.90 bits per heavy atom. The van der Waals surface area contributed by atoms with Crippen molar-refractivity contribution in [2.75, 3.05) is 7.11 Å². The second-order valence-electron chi connectivity index (χ2n) is 4.51. The summed E-state index contributed by atoms with van der Waals surface area (Å²) in [5.74, 6) is 5.86. The molecule has 1 aromatic rings. The van der Waals surface area contributed by atoms with Crippen LogP contribution in [0.3, 0.4) is 0 Å². The molecule has 0 unspecified atom stereocenters. The highest BCUT2D eigenvalue weighted by atomic mass is 16.5. The molecule has 1 aromatic carbocycles. The van der Waals surface area contributed by atoms with Gasteiger partial charge in [-0.15, -0.1) is 0 Å². The van der Waals surface area contributed by atoms with E-state index in [0.717, 1.165) is 23.3 Å². The van der Waals surface area contributed by atoms with Crippen LogP contribution in [0.25, 0.3) is 0 Å². The normalized spacial score (nSPS) is 8.86. The summed E-state index contributed by atoms with van der Waals surface area (Å²) >= 11 is 0. The maximum atomic E-state index is 11.6. The zero-order valence-corrected chi connectivity index (χ0v) is 12.7. The smallest absolute Gasteiger partial charge is 0.433 e. The number of benzene rings is 1. The number of hydrogen-bond donors (Lipinski definition) is 0. The van der Waals surface area contributed by atoms with E-state index in [0.29, 0.717) is 0 Å². The molecule has 1 amide bonds. The molecule has 0 atom stereocenters. The van der Waals surface area contributed by atoms with Crippen LogP contribution in [0.1, 0.15) is 44.6 Å². The van der Waals surface area contributed by atoms with Gasteiger partial charge >= 0.3 is 6.09 Å². The second kappa shape index (κ2) is 10.4. The number of hydrogen-bond acceptors (Lipinski definition) is 2. The molecule has 3 heteroatoms. The van der Waals surface area contributed by atoms with Gasteiger partial charge in [0.1, 0.15) is 0 Å². The van der Waals surface area contributed by atoms with Gasteiger partial charge < -0.3 is 4.74 Å². The Hall–Kier alpha value is -2.39. The maximum absolute atomic E-state index is 11.6. The third kappa shape index (κ3) is 7.09. The van der Waals surface area contributed by atoms with Crippen molar-refractivity contribution in [1.82, 2.24) is 4.90 Å². The molecule has 0 heterocycles. The second-order valence-corrected chi connectivity index (χ2v) is 4.51. The van der Waals surface area contributed by atoms with E-state index >= 15 is 0 Å². The van der Waals surface area contributed by atoms with Gasteiger partial charge in [0.15, 0.2) is 0 Å². The van der Waals surface area contributed by atoms with E-state index in [-0.39, 0.29) is 0 Å². The minimum atomic E-state index is -0.556. The highest BCUT2D eigenvalue weighted by Gasteiger charge is 2.07. The van der Waals surface area contributed by atoms with Crippen molar-refractivity contribution < 1.29 is 9.53 Å². The van der Waals surface area contributed by atoms with Gasteiger partial charge in [0, 0.05) is 24.1 Å². The molecular formula is C18H21NO2. The van der Waals surface area contributed by atoms with E-state index in [1.54, 1.807) is 0 Å².